The van der Waals surface area contributed by atoms with Crippen molar-refractivity contribution >= 4 is 17.6 Å². The molecule has 0 aliphatic heterocycles. The van der Waals surface area contributed by atoms with Crippen LogP contribution in [0.4, 0.5) is 5.69 Å². The van der Waals surface area contributed by atoms with Gasteiger partial charge in [-0.2, -0.15) is 0 Å². The van der Waals surface area contributed by atoms with Gasteiger partial charge in [0.25, 0.3) is 0 Å². The van der Waals surface area contributed by atoms with E-state index in [1.807, 2.05) is 14.3 Å². The van der Waals surface area contributed by atoms with E-state index in [9.17, 15) is 9.59 Å². The molecule has 17 heavy (non-hydrogen) atoms. The Morgan fingerprint density at radius 1 is 1.12 bits per heavy atom. The maximum atomic E-state index is 10.9. The van der Waals surface area contributed by atoms with Crippen molar-refractivity contribution in [3.63, 3.8) is 0 Å². The number of nitrogens with zero attached hydrogens (tertiary/aromatic N) is 1. The Morgan fingerprint density at radius 2 is 1.65 bits per heavy atom. The summed E-state index contributed by atoms with van der Waals surface area (Å²) < 4.78 is 1.95. The van der Waals surface area contributed by atoms with Gasteiger partial charge in [0.05, 0.1) is 0 Å². The normalized spacial score (nSPS) is 9.06. The summed E-state index contributed by atoms with van der Waals surface area (Å²) in [7, 11) is 0. The van der Waals surface area contributed by atoms with Crippen LogP contribution in [0.5, 0.6) is 0 Å². The SMILES string of the molecule is CC.O=C(O)c1ccc(C(=O)O)c([N]([Hg])[Hg])c1. The molecule has 0 saturated carbocycles. The van der Waals surface area contributed by atoms with Crippen molar-refractivity contribution in [3.05, 3.63) is 29.3 Å². The van der Waals surface area contributed by atoms with Gasteiger partial charge in [-0.3, -0.25) is 0 Å². The summed E-state index contributed by atoms with van der Waals surface area (Å²) in [4.78, 5) is 21.6. The van der Waals surface area contributed by atoms with Crippen LogP contribution in [-0.4, -0.2) is 22.2 Å². The van der Waals surface area contributed by atoms with E-state index in [1.165, 1.54) is 18.2 Å². The molecule has 0 aliphatic rings. The molecule has 0 unspecified atom stereocenters. The average molecular weight is 610 g/mol. The molecule has 0 atom stereocenters. The maximum absolute atomic E-state index is 10.9. The molecule has 1 rings (SSSR count). The zero-order chi connectivity index (χ0) is 13.6. The van der Waals surface area contributed by atoms with Crippen LogP contribution in [0.2, 0.25) is 0 Å². The molecule has 1 aromatic rings. The molecule has 0 saturated heterocycles. The number of hydrogen-bond donors (Lipinski definition) is 2. The van der Waals surface area contributed by atoms with Crippen molar-refractivity contribution < 1.29 is 72.6 Å². The molecule has 0 aromatic heterocycles. The first kappa shape index (κ1) is 16.8. The van der Waals surface area contributed by atoms with Crippen LogP contribution in [0.3, 0.4) is 0 Å². The molecule has 0 amide bonds. The first-order chi connectivity index (χ1) is 7.93. The molecule has 84 valence electrons. The Balaban J connectivity index is 0.00000121. The van der Waals surface area contributed by atoms with Crippen LogP contribution < -0.4 is 0.428 Å². The summed E-state index contributed by atoms with van der Waals surface area (Å²) in [6.07, 6.45) is 0. The van der Waals surface area contributed by atoms with Crippen molar-refractivity contribution in [2.24, 2.45) is 0 Å². The summed E-state index contributed by atoms with van der Waals surface area (Å²) in [6, 6.07) is 4.11. The molecule has 0 aliphatic carbocycles. The number of benzene rings is 1. The summed E-state index contributed by atoms with van der Waals surface area (Å²) in [6.45, 7) is 4.00. The van der Waals surface area contributed by atoms with Gasteiger partial charge in [-0.15, -0.1) is 0 Å². The third-order valence-corrected chi connectivity index (χ3v) is 4.46. The Morgan fingerprint density at radius 3 is 2.00 bits per heavy atom. The van der Waals surface area contributed by atoms with E-state index in [2.05, 4.69) is 0 Å². The number of carboxylic acids is 2. The monoisotopic (exact) mass is 613 g/mol. The minimum absolute atomic E-state index is 0.135. The van der Waals surface area contributed by atoms with E-state index >= 15 is 0 Å². The standard InChI is InChI=1S/C8H5NO4.C2H6.2Hg/c9-6-3-4(7(10)11)1-2-5(6)8(12)13;1-2;;/h1-3H,(H,10,11)(H,12,13);1-2H3;;. The van der Waals surface area contributed by atoms with Crippen molar-refractivity contribution in [1.82, 2.24) is 0 Å². The van der Waals surface area contributed by atoms with Gasteiger partial charge < -0.3 is 0 Å². The van der Waals surface area contributed by atoms with Crippen molar-refractivity contribution in [3.8, 4) is 0 Å². The number of hydrogen-bond acceptors (Lipinski definition) is 3. The summed E-state index contributed by atoms with van der Waals surface area (Å²) in [5.41, 5.74) is 0.870. The van der Waals surface area contributed by atoms with Gasteiger partial charge in [0.15, 0.2) is 0 Å². The Labute approximate surface area is 133 Å². The molecule has 0 fully saturated rings. The molecule has 7 heteroatoms. The van der Waals surface area contributed by atoms with Gasteiger partial charge in [-0.05, 0) is 0 Å². The van der Waals surface area contributed by atoms with Gasteiger partial charge in [-0.25, -0.2) is 0 Å². The fraction of sp³-hybridized carbons (Fsp3) is 0.200. The number of anilines is 1. The van der Waals surface area contributed by atoms with Crippen LogP contribution in [0.1, 0.15) is 34.6 Å². The van der Waals surface area contributed by atoms with E-state index in [0.717, 1.165) is 0 Å². The third-order valence-electron chi connectivity index (χ3n) is 1.82. The summed E-state index contributed by atoms with van der Waals surface area (Å²) in [5.74, 6) is -2.04. The average Bonchev–Trinajstić information content (AvgIpc) is 2.30. The number of carbonyl (C=O) groups is 2. The van der Waals surface area contributed by atoms with Crippen LogP contribution in [0.25, 0.3) is 0 Å². The van der Waals surface area contributed by atoms with Crippen molar-refractivity contribution in [2.75, 3.05) is 0.428 Å². The minimum atomic E-state index is -1.03. The first-order valence-corrected chi connectivity index (χ1v) is 9.87. The first-order valence-electron chi connectivity index (χ1n) is 4.95. The summed E-state index contributed by atoms with van der Waals surface area (Å²) in [5, 5.41) is 17.7. The molecular formula is C10H11Hg2NO4. The predicted molar refractivity (Wildman–Crippen MR) is 54.2 cm³/mol. The molecule has 0 heterocycles. The zero-order valence-corrected chi connectivity index (χ0v) is 20.8. The fourth-order valence-corrected chi connectivity index (χ4v) is 3.14. The molecule has 0 radical (unpaired) electrons. The molecule has 1 aromatic carbocycles. The van der Waals surface area contributed by atoms with E-state index < -0.39 is 11.9 Å². The molecule has 0 spiro atoms. The zero-order valence-electron chi connectivity index (χ0n) is 9.80. The van der Waals surface area contributed by atoms with Gasteiger partial charge in [0, 0.05) is 0 Å². The van der Waals surface area contributed by atoms with Gasteiger partial charge in [-0.1, -0.05) is 13.8 Å². The topological polar surface area (TPSA) is 77.8 Å². The van der Waals surface area contributed by atoms with E-state index in [1.54, 1.807) is 0 Å². The Kier molecular flexibility index (Phi) is 7.94. The van der Waals surface area contributed by atoms with E-state index in [0.29, 0.717) is 58.5 Å². The second-order valence-electron chi connectivity index (χ2n) is 2.88. The van der Waals surface area contributed by atoms with Crippen LogP contribution in [0, 0.1) is 0 Å². The van der Waals surface area contributed by atoms with Gasteiger partial charge in [0.2, 0.25) is 0 Å². The quantitative estimate of drug-likeness (QED) is 0.512. The Bertz CT molecular complexity index is 421. The predicted octanol–water partition coefficient (Wildman–Crippen LogP) is 1.84. The third kappa shape index (κ3) is 4.91. The van der Waals surface area contributed by atoms with E-state index in [-0.39, 0.29) is 11.1 Å². The molecule has 2 N–H and O–H groups in total. The molecular weight excluding hydrogens is 599 g/mol. The second kappa shape index (κ2) is 8.02. The molecule has 0 bridgehead atoms. The van der Waals surface area contributed by atoms with Crippen LogP contribution in [-0.2, 0) is 52.8 Å². The van der Waals surface area contributed by atoms with Crippen molar-refractivity contribution in [1.29, 1.82) is 0 Å². The summed E-state index contributed by atoms with van der Waals surface area (Å²) >= 11 is 0.586. The number of aromatic carboxylic acids is 2. The number of rotatable bonds is 3. The van der Waals surface area contributed by atoms with Crippen LogP contribution >= 0.6 is 0 Å². The number of carboxylic acid groups (broad SMARTS) is 2. The fourth-order valence-electron chi connectivity index (χ4n) is 1.11. The van der Waals surface area contributed by atoms with Crippen LogP contribution in [0.15, 0.2) is 18.2 Å². The second-order valence-corrected chi connectivity index (χ2v) is 22.3. The Hall–Kier alpha value is -0.170. The molecule has 5 nitrogen and oxygen atoms in total. The van der Waals surface area contributed by atoms with Gasteiger partial charge in [0.1, 0.15) is 0 Å². The van der Waals surface area contributed by atoms with Gasteiger partial charge >= 0.3 is 120 Å². The van der Waals surface area contributed by atoms with Crippen molar-refractivity contribution in [2.45, 2.75) is 13.8 Å². The van der Waals surface area contributed by atoms with E-state index in [4.69, 9.17) is 10.2 Å².